The van der Waals surface area contributed by atoms with E-state index in [-0.39, 0.29) is 34.2 Å². The molecule has 1 aromatic heterocycles. The summed E-state index contributed by atoms with van der Waals surface area (Å²) in [5.74, 6) is -2.44. The Morgan fingerprint density at radius 3 is 2.79 bits per heavy atom. The molecule has 1 amide bonds. The number of hydrogen-bond acceptors (Lipinski definition) is 8. The molecule has 34 heavy (non-hydrogen) atoms. The number of nitrogens with zero attached hydrogens (tertiary/aromatic N) is 1. The quantitative estimate of drug-likeness (QED) is 0.281. The molecule has 0 spiro atoms. The summed E-state index contributed by atoms with van der Waals surface area (Å²) < 4.78 is 2.84. The fourth-order valence-corrected chi connectivity index (χ4v) is 4.70. The average Bonchev–Trinajstić information content (AvgIpc) is 2.77. The van der Waals surface area contributed by atoms with Crippen molar-refractivity contribution < 1.29 is 19.5 Å². The number of aliphatic imine (C=N–C) groups is 1. The highest BCUT2D eigenvalue weighted by molar-refractivity contribution is 8.02. The molecule has 1 atom stereocenters. The summed E-state index contributed by atoms with van der Waals surface area (Å²) in [6.45, 7) is 4.28. The number of hydrogen-bond donors (Lipinski definition) is 4. The molecule has 9 nitrogen and oxygen atoms in total. The molecule has 0 fully saturated rings. The minimum absolute atomic E-state index is 0.0556. The smallest absolute Gasteiger partial charge is 0.263 e. The van der Waals surface area contributed by atoms with Crippen molar-refractivity contribution in [2.24, 2.45) is 22.6 Å². The number of ketones is 2. The minimum Gasteiger partial charge on any atom is -0.506 e. The Hall–Kier alpha value is -3.66. The van der Waals surface area contributed by atoms with E-state index in [2.05, 4.69) is 28.5 Å². The van der Waals surface area contributed by atoms with E-state index < -0.39 is 29.0 Å². The molecule has 2 aliphatic rings. The molecule has 1 aromatic carbocycles. The number of aromatic nitrogens is 1. The predicted molar refractivity (Wildman–Crippen MR) is 130 cm³/mol. The van der Waals surface area contributed by atoms with Crippen LogP contribution in [0.5, 0.6) is 5.75 Å². The highest BCUT2D eigenvalue weighted by Crippen LogP contribution is 2.36. The van der Waals surface area contributed by atoms with Gasteiger partial charge in [-0.05, 0) is 54.5 Å². The van der Waals surface area contributed by atoms with Crippen LogP contribution in [0.2, 0.25) is 0 Å². The molecule has 1 aliphatic heterocycles. The monoisotopic (exact) mass is 480 g/mol. The predicted octanol–water partition coefficient (Wildman–Crippen LogP) is 2.23. The number of nitrogens with one attached hydrogen (secondary N) is 2. The lowest BCUT2D eigenvalue weighted by atomic mass is 9.89. The van der Waals surface area contributed by atoms with E-state index in [1.807, 2.05) is 12.1 Å². The number of pyridine rings is 1. The van der Waals surface area contributed by atoms with Crippen LogP contribution in [-0.2, 0) is 20.8 Å². The molecule has 2 aromatic rings. The number of amidine groups is 1. The van der Waals surface area contributed by atoms with Crippen LogP contribution < -0.4 is 16.0 Å². The Morgan fingerprint density at radius 2 is 2.09 bits per heavy atom. The van der Waals surface area contributed by atoms with Crippen LogP contribution in [-0.4, -0.2) is 33.4 Å². The number of nitrogens with two attached hydrogens (primary N) is 1. The van der Waals surface area contributed by atoms with Crippen LogP contribution in [0.25, 0.3) is 10.9 Å². The van der Waals surface area contributed by atoms with Crippen molar-refractivity contribution in [2.45, 2.75) is 33.1 Å². The highest BCUT2D eigenvalue weighted by atomic mass is 32.2. The summed E-state index contributed by atoms with van der Waals surface area (Å²) >= 11 is 0.916. The number of aromatic hydroxyl groups is 1. The summed E-state index contributed by atoms with van der Waals surface area (Å²) in [6.07, 6.45) is 3.89. The number of allylic oxidation sites excluding steroid dienone is 3. The molecule has 2 heterocycles. The molecule has 5 N–H and O–H groups in total. The lowest BCUT2D eigenvalue weighted by molar-refractivity contribution is -0.129. The van der Waals surface area contributed by atoms with Gasteiger partial charge in [0.05, 0.1) is 22.5 Å². The molecular weight excluding hydrogens is 456 g/mol. The number of carbonyl (C=O) groups is 3. The molecule has 0 bridgehead atoms. The van der Waals surface area contributed by atoms with Crippen molar-refractivity contribution in [1.82, 2.24) is 9.71 Å². The molecule has 176 valence electrons. The normalized spacial score (nSPS) is 18.4. The van der Waals surface area contributed by atoms with Gasteiger partial charge in [0.25, 0.3) is 5.56 Å². The van der Waals surface area contributed by atoms with E-state index in [1.165, 1.54) is 6.08 Å². The maximum Gasteiger partial charge on any atom is 0.263 e. The van der Waals surface area contributed by atoms with Crippen molar-refractivity contribution >= 4 is 46.2 Å². The van der Waals surface area contributed by atoms with Crippen molar-refractivity contribution in [3.05, 3.63) is 62.4 Å². The van der Waals surface area contributed by atoms with Crippen LogP contribution in [0.15, 0.2) is 50.7 Å². The number of fused-ring (bicyclic) bond motifs is 1. The van der Waals surface area contributed by atoms with Crippen LogP contribution in [0, 0.1) is 11.8 Å². The van der Waals surface area contributed by atoms with Gasteiger partial charge in [-0.15, -0.1) is 0 Å². The van der Waals surface area contributed by atoms with Crippen LogP contribution in [0.4, 0.5) is 0 Å². The van der Waals surface area contributed by atoms with E-state index >= 15 is 0 Å². The standard InChI is InChI=1S/C24H24N4O5S/c1-11(2)3-4-12-5-6-13-15(9-12)27-24(33)19(20(13)31)23-26-16-10-17(29)14(7-8-18(25)30)21(32)22(16)34-28-23/h5-9,11,14H,3-4,10H2,1-2H3,(H2,25,30)(H,26,28)(H2,27,31,33)/b8-7+. The fourth-order valence-electron chi connectivity index (χ4n) is 3.89. The lowest BCUT2D eigenvalue weighted by Crippen LogP contribution is -2.35. The van der Waals surface area contributed by atoms with Crippen molar-refractivity contribution in [3.63, 3.8) is 0 Å². The van der Waals surface area contributed by atoms with Gasteiger partial charge in [0.2, 0.25) is 5.91 Å². The van der Waals surface area contributed by atoms with Crippen LogP contribution >= 0.6 is 11.9 Å². The van der Waals surface area contributed by atoms with E-state index in [0.717, 1.165) is 36.4 Å². The maximum atomic E-state index is 12.9. The maximum absolute atomic E-state index is 12.9. The Morgan fingerprint density at radius 1 is 1.32 bits per heavy atom. The SMILES string of the molecule is CC(C)CCc1ccc2c(O)c(C3=NC4=C(SN3)C(=O)C(/C=C/C(N)=O)C(=O)C4)c(=O)[nH]c2c1. The number of aromatic amines is 1. The van der Waals surface area contributed by atoms with Gasteiger partial charge in [-0.3, -0.25) is 19.2 Å². The molecule has 0 radical (unpaired) electrons. The fraction of sp³-hybridized carbons (Fsp3) is 0.292. The second-order valence-electron chi connectivity index (χ2n) is 8.68. The Balaban J connectivity index is 1.70. The molecule has 1 unspecified atom stereocenters. The van der Waals surface area contributed by atoms with Gasteiger partial charge in [-0.25, -0.2) is 4.99 Å². The molecular formula is C24H24N4O5S. The zero-order valence-electron chi connectivity index (χ0n) is 18.7. The minimum atomic E-state index is -1.11. The van der Waals surface area contributed by atoms with E-state index in [0.29, 0.717) is 16.8 Å². The van der Waals surface area contributed by atoms with Gasteiger partial charge >= 0.3 is 0 Å². The second-order valence-corrected chi connectivity index (χ2v) is 9.49. The van der Waals surface area contributed by atoms with Gasteiger partial charge in [-0.2, -0.15) is 0 Å². The van der Waals surface area contributed by atoms with Gasteiger partial charge < -0.3 is 20.5 Å². The molecule has 4 rings (SSSR count). The van der Waals surface area contributed by atoms with Gasteiger partial charge in [-0.1, -0.05) is 26.0 Å². The third-order valence-corrected chi connectivity index (χ3v) is 6.64. The number of benzene rings is 1. The first-order valence-electron chi connectivity index (χ1n) is 10.8. The highest BCUT2D eigenvalue weighted by Gasteiger charge is 2.37. The first-order valence-corrected chi connectivity index (χ1v) is 11.6. The third-order valence-electron chi connectivity index (χ3n) is 5.70. The number of primary amides is 1. The number of amides is 1. The molecule has 0 saturated heterocycles. The largest absolute Gasteiger partial charge is 0.506 e. The summed E-state index contributed by atoms with van der Waals surface area (Å²) in [5, 5.41) is 11.4. The summed E-state index contributed by atoms with van der Waals surface area (Å²) in [6, 6.07) is 5.52. The summed E-state index contributed by atoms with van der Waals surface area (Å²) in [4.78, 5) is 56.4. The Kier molecular flexibility index (Phi) is 6.43. The Labute approximate surface area is 199 Å². The molecule has 1 aliphatic carbocycles. The Bertz CT molecular complexity index is 1370. The van der Waals surface area contributed by atoms with Gasteiger partial charge in [0, 0.05) is 5.39 Å². The lowest BCUT2D eigenvalue weighted by Gasteiger charge is -2.25. The van der Waals surface area contributed by atoms with E-state index in [9.17, 15) is 24.3 Å². The second kappa shape index (κ2) is 9.30. The first kappa shape index (κ1) is 23.5. The average molecular weight is 481 g/mol. The van der Waals surface area contributed by atoms with Crippen molar-refractivity contribution in [2.75, 3.05) is 0 Å². The van der Waals surface area contributed by atoms with Crippen LogP contribution in [0.1, 0.15) is 37.8 Å². The van der Waals surface area contributed by atoms with E-state index in [4.69, 9.17) is 5.73 Å². The summed E-state index contributed by atoms with van der Waals surface area (Å²) in [5.41, 5.74) is 6.23. The van der Waals surface area contributed by atoms with Gasteiger partial charge in [0.15, 0.2) is 17.4 Å². The van der Waals surface area contributed by atoms with Gasteiger partial charge in [0.1, 0.15) is 17.2 Å². The van der Waals surface area contributed by atoms with Crippen molar-refractivity contribution in [1.29, 1.82) is 0 Å². The van der Waals surface area contributed by atoms with Crippen molar-refractivity contribution in [3.8, 4) is 5.75 Å². The third kappa shape index (κ3) is 4.54. The summed E-state index contributed by atoms with van der Waals surface area (Å²) in [7, 11) is 0. The number of aryl methyl sites for hydroxylation is 1. The topological polar surface area (TPSA) is 155 Å². The number of Topliss-reactive ketones (excluding diaryl/α,β-unsaturated/α-hetero) is 2. The first-order chi connectivity index (χ1) is 16.2. The number of H-pyrrole nitrogens is 1. The number of rotatable bonds is 6. The zero-order valence-corrected chi connectivity index (χ0v) is 19.5. The van der Waals surface area contributed by atoms with E-state index in [1.54, 1.807) is 6.07 Å². The molecule has 0 saturated carbocycles. The zero-order chi connectivity index (χ0) is 24.6. The number of carbonyl (C=O) groups excluding carboxylic acids is 3. The molecule has 10 heteroatoms. The van der Waals surface area contributed by atoms with Crippen LogP contribution in [0.3, 0.4) is 0 Å².